The molecule has 0 aliphatic rings. The van der Waals surface area contributed by atoms with Crippen molar-refractivity contribution in [2.75, 3.05) is 11.1 Å². The number of amides is 1. The highest BCUT2D eigenvalue weighted by Gasteiger charge is 2.29. The van der Waals surface area contributed by atoms with Gasteiger partial charge in [-0.1, -0.05) is 13.8 Å². The number of hydrogen-bond donors (Lipinski definition) is 3. The highest BCUT2D eigenvalue weighted by Crippen LogP contribution is 2.27. The van der Waals surface area contributed by atoms with Crippen LogP contribution in [0.25, 0.3) is 11.4 Å². The molecule has 1 aromatic carbocycles. The molecule has 7 heteroatoms. The molecular formula is C17H24N4O2S. The maximum absolute atomic E-state index is 12.4. The minimum absolute atomic E-state index is 0.118. The van der Waals surface area contributed by atoms with Gasteiger partial charge in [-0.15, -0.1) is 16.9 Å². The molecule has 0 saturated carbocycles. The fourth-order valence-electron chi connectivity index (χ4n) is 1.93. The highest BCUT2D eigenvalue weighted by atomic mass is 32.2. The number of thioether (sulfide) groups is 1. The van der Waals surface area contributed by atoms with E-state index in [0.29, 0.717) is 11.7 Å². The minimum Gasteiger partial charge on any atom is -0.508 e. The van der Waals surface area contributed by atoms with Gasteiger partial charge in [-0.25, -0.2) is 0 Å². The number of nitrogens with one attached hydrogen (secondary N) is 2. The largest absolute Gasteiger partial charge is 0.508 e. The van der Waals surface area contributed by atoms with Gasteiger partial charge in [-0.05, 0) is 56.2 Å². The normalized spacial score (nSPS) is 11.7. The van der Waals surface area contributed by atoms with Gasteiger partial charge in [-0.3, -0.25) is 15.2 Å². The summed E-state index contributed by atoms with van der Waals surface area (Å²) in [4.78, 5) is 16.7. The van der Waals surface area contributed by atoms with E-state index in [-0.39, 0.29) is 17.6 Å². The summed E-state index contributed by atoms with van der Waals surface area (Å²) in [5.74, 6) is 2.41. The van der Waals surface area contributed by atoms with Gasteiger partial charge in [-0.2, -0.15) is 4.98 Å². The number of hydrogen-bond acceptors (Lipinski definition) is 5. The number of phenols is 1. The summed E-state index contributed by atoms with van der Waals surface area (Å²) in [6.45, 7) is 8.15. The van der Waals surface area contributed by atoms with Crippen molar-refractivity contribution in [1.82, 2.24) is 15.2 Å². The topological polar surface area (TPSA) is 90.9 Å². The second kappa shape index (κ2) is 7.70. The Balaban J connectivity index is 1.98. The van der Waals surface area contributed by atoms with E-state index in [2.05, 4.69) is 34.3 Å². The summed E-state index contributed by atoms with van der Waals surface area (Å²) < 4.78 is -0.547. The van der Waals surface area contributed by atoms with E-state index in [1.165, 1.54) is 0 Å². The summed E-state index contributed by atoms with van der Waals surface area (Å²) >= 11 is 1.63. The van der Waals surface area contributed by atoms with Crippen molar-refractivity contribution in [1.29, 1.82) is 0 Å². The average Bonchev–Trinajstić information content (AvgIpc) is 2.95. The number of rotatable bonds is 7. The third-order valence-corrected chi connectivity index (χ3v) is 4.90. The number of aromatic nitrogens is 3. The zero-order chi connectivity index (χ0) is 17.7. The third-order valence-electron chi connectivity index (χ3n) is 3.56. The zero-order valence-electron chi connectivity index (χ0n) is 14.5. The quantitative estimate of drug-likeness (QED) is 0.710. The fourth-order valence-corrected chi connectivity index (χ4v) is 3.22. The molecule has 1 heterocycles. The van der Waals surface area contributed by atoms with Crippen molar-refractivity contribution in [3.8, 4) is 17.1 Å². The molecular weight excluding hydrogens is 324 g/mol. The molecule has 0 spiro atoms. The number of anilines is 1. The van der Waals surface area contributed by atoms with Crippen LogP contribution in [0.3, 0.4) is 0 Å². The van der Waals surface area contributed by atoms with Gasteiger partial charge in [0.15, 0.2) is 5.82 Å². The maximum atomic E-state index is 12.4. The maximum Gasteiger partial charge on any atom is 0.249 e. The zero-order valence-corrected chi connectivity index (χ0v) is 15.3. The second-order valence-electron chi connectivity index (χ2n) is 6.55. The Bertz CT molecular complexity index is 680. The Morgan fingerprint density at radius 1 is 1.33 bits per heavy atom. The predicted molar refractivity (Wildman–Crippen MR) is 98.1 cm³/mol. The van der Waals surface area contributed by atoms with Crippen LogP contribution in [0, 0.1) is 5.92 Å². The molecule has 24 heavy (non-hydrogen) atoms. The molecule has 0 aliphatic carbocycles. The predicted octanol–water partition coefficient (Wildman–Crippen LogP) is 3.67. The average molecular weight is 348 g/mol. The molecule has 130 valence electrons. The summed E-state index contributed by atoms with van der Waals surface area (Å²) in [6, 6.07) is 6.61. The van der Waals surface area contributed by atoms with E-state index in [4.69, 9.17) is 0 Å². The van der Waals surface area contributed by atoms with Crippen LogP contribution in [0.1, 0.15) is 34.1 Å². The van der Waals surface area contributed by atoms with Crippen LogP contribution in [-0.4, -0.2) is 36.7 Å². The van der Waals surface area contributed by atoms with Crippen LogP contribution in [0.2, 0.25) is 0 Å². The molecule has 0 unspecified atom stereocenters. The van der Waals surface area contributed by atoms with Gasteiger partial charge in [0.05, 0.1) is 4.75 Å². The summed E-state index contributed by atoms with van der Waals surface area (Å²) in [6.07, 6.45) is 1.08. The fraction of sp³-hybridized carbons (Fsp3) is 0.471. The number of carbonyl (C=O) groups is 1. The van der Waals surface area contributed by atoms with Crippen LogP contribution in [-0.2, 0) is 4.79 Å². The van der Waals surface area contributed by atoms with Gasteiger partial charge >= 0.3 is 0 Å². The monoisotopic (exact) mass is 348 g/mol. The van der Waals surface area contributed by atoms with Crippen LogP contribution >= 0.6 is 11.8 Å². The molecule has 0 bridgehead atoms. The Morgan fingerprint density at radius 3 is 2.62 bits per heavy atom. The first kappa shape index (κ1) is 18.3. The molecule has 2 rings (SSSR count). The molecule has 0 saturated heterocycles. The van der Waals surface area contributed by atoms with E-state index in [0.717, 1.165) is 17.7 Å². The Labute approximate surface area is 146 Å². The standard InChI is InChI=1S/C17H24N4O2S/c1-11(2)9-10-24-17(3,4)15(23)19-16-18-14(20-21-16)12-5-7-13(22)8-6-12/h5-8,11,22H,9-10H2,1-4H3,(H2,18,19,20,21,23). The van der Waals surface area contributed by atoms with Gasteiger partial charge < -0.3 is 5.11 Å². The number of aromatic hydroxyl groups is 1. The SMILES string of the molecule is CC(C)CCSC(C)(C)C(=O)Nc1n[nH]c(-c2ccc(O)cc2)n1. The van der Waals surface area contributed by atoms with Crippen LogP contribution in [0.15, 0.2) is 24.3 Å². The smallest absolute Gasteiger partial charge is 0.249 e. The molecule has 0 aliphatic heterocycles. The highest BCUT2D eigenvalue weighted by molar-refractivity contribution is 8.01. The Morgan fingerprint density at radius 2 is 2.00 bits per heavy atom. The van der Waals surface area contributed by atoms with Gasteiger partial charge in [0.25, 0.3) is 0 Å². The van der Waals surface area contributed by atoms with Crippen molar-refractivity contribution in [3.05, 3.63) is 24.3 Å². The van der Waals surface area contributed by atoms with Crippen LogP contribution < -0.4 is 5.32 Å². The molecule has 6 nitrogen and oxygen atoms in total. The molecule has 0 radical (unpaired) electrons. The minimum atomic E-state index is -0.547. The summed E-state index contributed by atoms with van der Waals surface area (Å²) in [7, 11) is 0. The van der Waals surface area contributed by atoms with E-state index >= 15 is 0 Å². The number of phenolic OH excluding ortho intramolecular Hbond substituents is 1. The Kier molecular flexibility index (Phi) is 5.88. The molecule has 0 atom stereocenters. The molecule has 0 fully saturated rings. The van der Waals surface area contributed by atoms with Crippen molar-refractivity contribution >= 4 is 23.6 Å². The molecule has 2 aromatic rings. The van der Waals surface area contributed by atoms with E-state index in [1.807, 2.05) is 13.8 Å². The lowest BCUT2D eigenvalue weighted by Crippen LogP contribution is -2.34. The number of H-pyrrole nitrogens is 1. The number of carbonyl (C=O) groups excluding carboxylic acids is 1. The molecule has 1 amide bonds. The van der Waals surface area contributed by atoms with Crippen molar-refractivity contribution in [2.45, 2.75) is 38.9 Å². The lowest BCUT2D eigenvalue weighted by Gasteiger charge is -2.22. The van der Waals surface area contributed by atoms with Crippen molar-refractivity contribution < 1.29 is 9.90 Å². The third kappa shape index (κ3) is 4.99. The first-order chi connectivity index (χ1) is 11.3. The lowest BCUT2D eigenvalue weighted by molar-refractivity contribution is -0.117. The summed E-state index contributed by atoms with van der Waals surface area (Å²) in [5.41, 5.74) is 0.784. The van der Waals surface area contributed by atoms with Gasteiger partial charge in [0.1, 0.15) is 5.75 Å². The summed E-state index contributed by atoms with van der Waals surface area (Å²) in [5, 5.41) is 18.9. The van der Waals surface area contributed by atoms with Crippen molar-refractivity contribution in [3.63, 3.8) is 0 Å². The second-order valence-corrected chi connectivity index (χ2v) is 8.27. The number of nitrogens with zero attached hydrogens (tertiary/aromatic N) is 2. The molecule has 1 aromatic heterocycles. The first-order valence-electron chi connectivity index (χ1n) is 7.95. The number of benzene rings is 1. The van der Waals surface area contributed by atoms with E-state index in [1.54, 1.807) is 36.0 Å². The Hall–Kier alpha value is -2.02. The van der Waals surface area contributed by atoms with Gasteiger partial charge in [0.2, 0.25) is 11.9 Å². The first-order valence-corrected chi connectivity index (χ1v) is 8.93. The number of aromatic amines is 1. The lowest BCUT2D eigenvalue weighted by atomic mass is 10.2. The van der Waals surface area contributed by atoms with E-state index < -0.39 is 4.75 Å². The van der Waals surface area contributed by atoms with Crippen molar-refractivity contribution in [2.24, 2.45) is 5.92 Å². The van der Waals surface area contributed by atoms with Gasteiger partial charge in [0, 0.05) is 5.56 Å². The molecule has 3 N–H and O–H groups in total. The van der Waals surface area contributed by atoms with E-state index in [9.17, 15) is 9.90 Å². The van der Waals surface area contributed by atoms with Crippen LogP contribution in [0.4, 0.5) is 5.95 Å². The van der Waals surface area contributed by atoms with Crippen LogP contribution in [0.5, 0.6) is 5.75 Å².